The third-order valence-electron chi connectivity index (χ3n) is 2.40. The van der Waals surface area contributed by atoms with Crippen molar-refractivity contribution < 1.29 is 29.9 Å². The van der Waals surface area contributed by atoms with Gasteiger partial charge in [0.2, 0.25) is 0 Å². The van der Waals surface area contributed by atoms with Crippen molar-refractivity contribution in [3.8, 4) is 11.5 Å². The van der Waals surface area contributed by atoms with Gasteiger partial charge >= 0.3 is 0 Å². The molecule has 0 fully saturated rings. The lowest BCUT2D eigenvalue weighted by Crippen LogP contribution is -2.20. The van der Waals surface area contributed by atoms with Crippen molar-refractivity contribution >= 4 is 0 Å². The number of hydrogen-bond donors (Lipinski definition) is 4. The third kappa shape index (κ3) is 10.1. The van der Waals surface area contributed by atoms with Crippen LogP contribution in [0.1, 0.15) is 13.8 Å². The molecule has 0 aliphatic rings. The summed E-state index contributed by atoms with van der Waals surface area (Å²) in [7, 11) is 0. The molecular weight excluding hydrogens is 276 g/mol. The number of hydrogen-bond acceptors (Lipinski definition) is 6. The molecule has 0 amide bonds. The van der Waals surface area contributed by atoms with Crippen molar-refractivity contribution in [1.82, 2.24) is 0 Å². The Bertz CT molecular complexity index is 317. The van der Waals surface area contributed by atoms with E-state index in [-0.39, 0.29) is 45.1 Å². The zero-order chi connectivity index (χ0) is 16.1. The number of rotatable bonds is 8. The minimum absolute atomic E-state index is 0.00274. The second kappa shape index (κ2) is 11.3. The molecule has 1 aromatic rings. The molecule has 0 aromatic heterocycles. The van der Waals surface area contributed by atoms with E-state index in [0.29, 0.717) is 11.5 Å². The number of aliphatic hydroxyl groups is 4. The monoisotopic (exact) mass is 302 g/mol. The summed E-state index contributed by atoms with van der Waals surface area (Å²) in [6, 6.07) is 7.01. The van der Waals surface area contributed by atoms with Crippen molar-refractivity contribution in [2.45, 2.75) is 13.8 Å². The lowest BCUT2D eigenvalue weighted by molar-refractivity contribution is 0.0857. The van der Waals surface area contributed by atoms with Crippen LogP contribution in [0.4, 0.5) is 0 Å². The van der Waals surface area contributed by atoms with Gasteiger partial charge in [-0.05, 0) is 24.3 Å². The van der Waals surface area contributed by atoms with Crippen LogP contribution in [0, 0.1) is 5.41 Å². The van der Waals surface area contributed by atoms with Crippen molar-refractivity contribution in [1.29, 1.82) is 0 Å². The highest BCUT2D eigenvalue weighted by Gasteiger charge is 2.13. The van der Waals surface area contributed by atoms with Gasteiger partial charge < -0.3 is 29.9 Å². The topological polar surface area (TPSA) is 99.4 Å². The highest BCUT2D eigenvalue weighted by atomic mass is 16.5. The average molecular weight is 302 g/mol. The Kier molecular flexibility index (Phi) is 10.6. The van der Waals surface area contributed by atoms with E-state index in [0.717, 1.165) is 0 Å². The Hall–Kier alpha value is -1.34. The van der Waals surface area contributed by atoms with Crippen LogP contribution in [0.2, 0.25) is 0 Å². The van der Waals surface area contributed by atoms with E-state index < -0.39 is 0 Å². The maximum Gasteiger partial charge on any atom is 0.119 e. The molecule has 0 aliphatic heterocycles. The number of benzene rings is 1. The molecule has 0 bridgehead atoms. The van der Waals surface area contributed by atoms with E-state index in [1.165, 1.54) is 0 Å². The van der Waals surface area contributed by atoms with Crippen LogP contribution >= 0.6 is 0 Å². The van der Waals surface area contributed by atoms with Crippen LogP contribution < -0.4 is 9.47 Å². The highest BCUT2D eigenvalue weighted by Crippen LogP contribution is 2.17. The largest absolute Gasteiger partial charge is 0.491 e. The summed E-state index contributed by atoms with van der Waals surface area (Å²) in [6.07, 6.45) is 0. The van der Waals surface area contributed by atoms with Gasteiger partial charge in [0.1, 0.15) is 24.7 Å². The molecule has 4 N–H and O–H groups in total. The van der Waals surface area contributed by atoms with E-state index in [4.69, 9.17) is 29.9 Å². The minimum atomic E-state index is -0.306. The van der Waals surface area contributed by atoms with Gasteiger partial charge in [-0.15, -0.1) is 0 Å². The standard InChI is InChI=1S/C10H14O4.C5H12O2/c11-5-7-13-9-1-2-10(4-3-9)14-8-6-12;1-5(2,3-6)4-7/h1-4,11-12H,5-8H2;6-7H,3-4H2,1-2H3. The molecule has 0 heterocycles. The summed E-state index contributed by atoms with van der Waals surface area (Å²) in [5.41, 5.74) is -0.306. The summed E-state index contributed by atoms with van der Waals surface area (Å²) in [5.74, 6) is 1.38. The molecule has 0 aliphatic carbocycles. The number of ether oxygens (including phenoxy) is 2. The molecule has 0 spiro atoms. The van der Waals surface area contributed by atoms with Crippen LogP contribution in [-0.4, -0.2) is 60.1 Å². The average Bonchev–Trinajstić information content (AvgIpc) is 2.52. The van der Waals surface area contributed by atoms with Crippen LogP contribution in [0.5, 0.6) is 11.5 Å². The highest BCUT2D eigenvalue weighted by molar-refractivity contribution is 5.31. The van der Waals surface area contributed by atoms with Gasteiger partial charge in [-0.25, -0.2) is 0 Å². The molecule has 0 atom stereocenters. The second-order valence-electron chi connectivity index (χ2n) is 5.10. The maximum atomic E-state index is 8.52. The quantitative estimate of drug-likeness (QED) is 0.556. The van der Waals surface area contributed by atoms with Gasteiger partial charge in [0.05, 0.1) is 26.4 Å². The van der Waals surface area contributed by atoms with Gasteiger partial charge in [-0.2, -0.15) is 0 Å². The summed E-state index contributed by atoms with van der Waals surface area (Å²) in [5, 5.41) is 33.9. The Labute approximate surface area is 125 Å². The van der Waals surface area contributed by atoms with Crippen LogP contribution in [0.25, 0.3) is 0 Å². The molecule has 1 rings (SSSR count). The molecule has 21 heavy (non-hydrogen) atoms. The predicted molar refractivity (Wildman–Crippen MR) is 79.6 cm³/mol. The van der Waals surface area contributed by atoms with Gasteiger partial charge in [-0.1, -0.05) is 13.8 Å². The van der Waals surface area contributed by atoms with Gasteiger partial charge in [-0.3, -0.25) is 0 Å². The van der Waals surface area contributed by atoms with E-state index in [2.05, 4.69) is 0 Å². The van der Waals surface area contributed by atoms with E-state index >= 15 is 0 Å². The van der Waals surface area contributed by atoms with Crippen molar-refractivity contribution in [3.05, 3.63) is 24.3 Å². The Morgan fingerprint density at radius 1 is 0.762 bits per heavy atom. The van der Waals surface area contributed by atoms with Crippen LogP contribution in [-0.2, 0) is 0 Å². The Morgan fingerprint density at radius 2 is 1.10 bits per heavy atom. The SMILES string of the molecule is CC(C)(CO)CO.OCCOc1ccc(OCCO)cc1. The summed E-state index contributed by atoms with van der Waals surface area (Å²) < 4.78 is 10.3. The van der Waals surface area contributed by atoms with Crippen LogP contribution in [0.3, 0.4) is 0 Å². The fraction of sp³-hybridized carbons (Fsp3) is 0.600. The fourth-order valence-electron chi connectivity index (χ4n) is 1.01. The molecule has 0 saturated heterocycles. The van der Waals surface area contributed by atoms with Gasteiger partial charge in [0, 0.05) is 5.41 Å². The molecule has 0 radical (unpaired) electrons. The predicted octanol–water partition coefficient (Wildman–Crippen LogP) is 0.426. The normalized spacial score (nSPS) is 10.6. The summed E-state index contributed by atoms with van der Waals surface area (Å²) in [4.78, 5) is 0. The first-order valence-corrected chi connectivity index (χ1v) is 6.78. The first kappa shape index (κ1) is 19.7. The van der Waals surface area contributed by atoms with Crippen molar-refractivity contribution in [2.75, 3.05) is 39.6 Å². The first-order chi connectivity index (χ1) is 9.99. The minimum Gasteiger partial charge on any atom is -0.491 e. The lowest BCUT2D eigenvalue weighted by atomic mass is 9.97. The molecule has 1 aromatic carbocycles. The van der Waals surface area contributed by atoms with Gasteiger partial charge in [0.15, 0.2) is 0 Å². The molecule has 6 heteroatoms. The Balaban J connectivity index is 0.000000486. The zero-order valence-corrected chi connectivity index (χ0v) is 12.7. The maximum absolute atomic E-state index is 8.52. The molecular formula is C15H26O6. The fourth-order valence-corrected chi connectivity index (χ4v) is 1.01. The summed E-state index contributed by atoms with van der Waals surface area (Å²) in [6.45, 7) is 4.27. The van der Waals surface area contributed by atoms with E-state index in [9.17, 15) is 0 Å². The first-order valence-electron chi connectivity index (χ1n) is 6.78. The molecule has 0 unspecified atom stereocenters. The van der Waals surface area contributed by atoms with Gasteiger partial charge in [0.25, 0.3) is 0 Å². The zero-order valence-electron chi connectivity index (χ0n) is 12.7. The van der Waals surface area contributed by atoms with Crippen molar-refractivity contribution in [3.63, 3.8) is 0 Å². The van der Waals surface area contributed by atoms with Crippen molar-refractivity contribution in [2.24, 2.45) is 5.41 Å². The smallest absolute Gasteiger partial charge is 0.119 e. The van der Waals surface area contributed by atoms with E-state index in [1.807, 2.05) is 0 Å². The van der Waals surface area contributed by atoms with Crippen LogP contribution in [0.15, 0.2) is 24.3 Å². The number of aliphatic hydroxyl groups excluding tert-OH is 4. The molecule has 122 valence electrons. The molecule has 0 saturated carbocycles. The second-order valence-corrected chi connectivity index (χ2v) is 5.10. The lowest BCUT2D eigenvalue weighted by Gasteiger charge is -2.16. The van der Waals surface area contributed by atoms with E-state index in [1.54, 1.807) is 38.1 Å². The molecule has 6 nitrogen and oxygen atoms in total. The Morgan fingerprint density at radius 3 is 1.29 bits per heavy atom. The summed E-state index contributed by atoms with van der Waals surface area (Å²) >= 11 is 0. The third-order valence-corrected chi connectivity index (χ3v) is 2.40.